The van der Waals surface area contributed by atoms with Crippen LogP contribution in [0.15, 0.2) is 72.8 Å². The Bertz CT molecular complexity index is 1060. The largest absolute Gasteiger partial charge is 0.481 e. The van der Waals surface area contributed by atoms with E-state index >= 15 is 0 Å². The van der Waals surface area contributed by atoms with Gasteiger partial charge in [-0.05, 0) is 67.4 Å². The van der Waals surface area contributed by atoms with Crippen molar-refractivity contribution >= 4 is 17.3 Å². The van der Waals surface area contributed by atoms with Gasteiger partial charge in [0.1, 0.15) is 5.75 Å². The van der Waals surface area contributed by atoms with Gasteiger partial charge < -0.3 is 19.9 Å². The Balaban J connectivity index is 1.34. The smallest absolute Gasteiger partial charge is 0.265 e. The molecule has 4 rings (SSSR count). The van der Waals surface area contributed by atoms with Crippen LogP contribution >= 0.6 is 0 Å². The number of nitrogens with one attached hydrogen (secondary N) is 1. The highest BCUT2D eigenvalue weighted by molar-refractivity contribution is 5.95. The minimum atomic E-state index is -0.603. The molecule has 1 atom stereocenters. The van der Waals surface area contributed by atoms with Gasteiger partial charge in [-0.3, -0.25) is 4.79 Å². The van der Waals surface area contributed by atoms with Gasteiger partial charge in [0.15, 0.2) is 6.10 Å². The molecule has 1 aliphatic rings. The highest BCUT2D eigenvalue weighted by Crippen LogP contribution is 2.25. The first-order chi connectivity index (χ1) is 16.0. The molecule has 0 saturated carbocycles. The molecule has 5 heteroatoms. The van der Waals surface area contributed by atoms with Crippen LogP contribution in [0.1, 0.15) is 19.4 Å². The third kappa shape index (κ3) is 5.74. The van der Waals surface area contributed by atoms with Crippen LogP contribution in [0, 0.1) is 6.92 Å². The normalized spacial score (nSPS) is 15.2. The Morgan fingerprint density at radius 1 is 0.939 bits per heavy atom. The first-order valence-corrected chi connectivity index (χ1v) is 11.7. The lowest BCUT2D eigenvalue weighted by atomic mass is 10.1. The van der Waals surface area contributed by atoms with Crippen LogP contribution in [0.3, 0.4) is 0 Å². The van der Waals surface area contributed by atoms with Crippen molar-refractivity contribution in [2.75, 3.05) is 42.9 Å². The second-order valence-electron chi connectivity index (χ2n) is 8.56. The van der Waals surface area contributed by atoms with E-state index in [1.165, 1.54) is 5.69 Å². The van der Waals surface area contributed by atoms with E-state index in [1.54, 1.807) is 6.92 Å². The second-order valence-corrected chi connectivity index (χ2v) is 8.56. The van der Waals surface area contributed by atoms with E-state index < -0.39 is 6.10 Å². The predicted octanol–water partition coefficient (Wildman–Crippen LogP) is 5.21. The van der Waals surface area contributed by atoms with Crippen molar-refractivity contribution in [3.8, 4) is 16.9 Å². The van der Waals surface area contributed by atoms with Gasteiger partial charge in [0.2, 0.25) is 0 Å². The van der Waals surface area contributed by atoms with E-state index in [9.17, 15) is 4.79 Å². The summed E-state index contributed by atoms with van der Waals surface area (Å²) in [5, 5.41) is 3.02. The summed E-state index contributed by atoms with van der Waals surface area (Å²) in [4.78, 5) is 17.6. The summed E-state index contributed by atoms with van der Waals surface area (Å²) in [6.07, 6.45) is -0.603. The summed E-state index contributed by atoms with van der Waals surface area (Å²) in [7, 11) is 0. The van der Waals surface area contributed by atoms with Gasteiger partial charge in [-0.1, -0.05) is 49.4 Å². The number of ether oxygens (including phenoxy) is 1. The first-order valence-electron chi connectivity index (χ1n) is 11.7. The monoisotopic (exact) mass is 443 g/mol. The molecule has 1 amide bonds. The lowest BCUT2D eigenvalue weighted by Gasteiger charge is -2.35. The van der Waals surface area contributed by atoms with Crippen molar-refractivity contribution in [2.45, 2.75) is 26.9 Å². The molecule has 5 nitrogen and oxygen atoms in total. The van der Waals surface area contributed by atoms with E-state index in [2.05, 4.69) is 46.3 Å². The predicted molar refractivity (Wildman–Crippen MR) is 136 cm³/mol. The quantitative estimate of drug-likeness (QED) is 0.544. The maximum atomic E-state index is 12.8. The average Bonchev–Trinajstić information content (AvgIpc) is 2.86. The van der Waals surface area contributed by atoms with Crippen LogP contribution in [-0.4, -0.2) is 49.6 Å². The van der Waals surface area contributed by atoms with Gasteiger partial charge in [0.05, 0.1) is 0 Å². The molecule has 172 valence electrons. The van der Waals surface area contributed by atoms with Gasteiger partial charge in [-0.15, -0.1) is 0 Å². The number of rotatable bonds is 7. The minimum absolute atomic E-state index is 0.158. The maximum Gasteiger partial charge on any atom is 0.265 e. The van der Waals surface area contributed by atoms with E-state index in [0.717, 1.165) is 55.1 Å². The number of likely N-dealkylation sites (N-methyl/N-ethyl adjacent to an activating group) is 1. The molecule has 3 aromatic rings. The number of hydrogen-bond donors (Lipinski definition) is 1. The summed E-state index contributed by atoms with van der Waals surface area (Å²) in [5.41, 5.74) is 5.36. The summed E-state index contributed by atoms with van der Waals surface area (Å²) in [6.45, 7) is 11.4. The molecule has 1 N–H and O–H groups in total. The fraction of sp³-hybridized carbons (Fsp3) is 0.321. The standard InChI is InChI=1S/C28H33N3O2/c1-4-30-16-18-31(19-17-30)25-12-15-27(21(2)20-25)29-28(32)22(3)33-26-13-10-24(11-14-26)23-8-6-5-7-9-23/h5-15,20,22H,4,16-19H2,1-3H3,(H,29,32). The van der Waals surface area contributed by atoms with Crippen LogP contribution in [0.5, 0.6) is 5.75 Å². The van der Waals surface area contributed by atoms with Crippen molar-refractivity contribution in [1.82, 2.24) is 4.90 Å². The molecule has 0 radical (unpaired) electrons. The molecule has 1 unspecified atom stereocenters. The van der Waals surface area contributed by atoms with E-state index in [1.807, 2.05) is 55.5 Å². The van der Waals surface area contributed by atoms with E-state index in [0.29, 0.717) is 5.75 Å². The molecule has 33 heavy (non-hydrogen) atoms. The Kier molecular flexibility index (Phi) is 7.30. The van der Waals surface area contributed by atoms with Crippen molar-refractivity contribution < 1.29 is 9.53 Å². The van der Waals surface area contributed by atoms with Crippen molar-refractivity contribution in [3.05, 3.63) is 78.4 Å². The molecule has 0 spiro atoms. The van der Waals surface area contributed by atoms with E-state index in [4.69, 9.17) is 4.74 Å². The molecular weight excluding hydrogens is 410 g/mol. The Labute approximate surface area is 197 Å². The molecule has 1 heterocycles. The number of benzene rings is 3. The van der Waals surface area contributed by atoms with Gasteiger partial charge in [0.25, 0.3) is 5.91 Å². The topological polar surface area (TPSA) is 44.8 Å². The van der Waals surface area contributed by atoms with Crippen LogP contribution in [0.2, 0.25) is 0 Å². The Hall–Kier alpha value is -3.31. The molecule has 0 bridgehead atoms. The maximum absolute atomic E-state index is 12.8. The number of amides is 1. The van der Waals surface area contributed by atoms with Crippen molar-refractivity contribution in [3.63, 3.8) is 0 Å². The van der Waals surface area contributed by atoms with Crippen molar-refractivity contribution in [1.29, 1.82) is 0 Å². The zero-order valence-corrected chi connectivity index (χ0v) is 19.8. The second kappa shape index (κ2) is 10.5. The van der Waals surface area contributed by atoms with E-state index in [-0.39, 0.29) is 5.91 Å². The third-order valence-corrected chi connectivity index (χ3v) is 6.30. The molecular formula is C28H33N3O2. The number of aryl methyl sites for hydroxylation is 1. The Morgan fingerprint density at radius 2 is 1.61 bits per heavy atom. The molecule has 1 aliphatic heterocycles. The SMILES string of the molecule is CCN1CCN(c2ccc(NC(=O)C(C)Oc3ccc(-c4ccccc4)cc3)c(C)c2)CC1. The van der Waals surface area contributed by atoms with Crippen molar-refractivity contribution in [2.24, 2.45) is 0 Å². The highest BCUT2D eigenvalue weighted by atomic mass is 16.5. The van der Waals surface area contributed by atoms with Gasteiger partial charge in [-0.25, -0.2) is 0 Å². The van der Waals surface area contributed by atoms with Gasteiger partial charge in [-0.2, -0.15) is 0 Å². The minimum Gasteiger partial charge on any atom is -0.481 e. The number of carbonyl (C=O) groups excluding carboxylic acids is 1. The van der Waals surface area contributed by atoms with Gasteiger partial charge in [0, 0.05) is 37.6 Å². The average molecular weight is 444 g/mol. The number of anilines is 2. The van der Waals surface area contributed by atoms with Crippen LogP contribution < -0.4 is 15.0 Å². The molecule has 3 aromatic carbocycles. The fourth-order valence-electron chi connectivity index (χ4n) is 4.16. The van der Waals surface area contributed by atoms with Crippen LogP contribution in [0.4, 0.5) is 11.4 Å². The number of piperazine rings is 1. The third-order valence-electron chi connectivity index (χ3n) is 6.30. The number of hydrogen-bond acceptors (Lipinski definition) is 4. The summed E-state index contributed by atoms with van der Waals surface area (Å²) in [6, 6.07) is 24.3. The molecule has 0 aromatic heterocycles. The van der Waals surface area contributed by atoms with Crippen LogP contribution in [-0.2, 0) is 4.79 Å². The Morgan fingerprint density at radius 3 is 2.24 bits per heavy atom. The number of carbonyl (C=O) groups is 1. The number of nitrogens with zero attached hydrogens (tertiary/aromatic N) is 2. The van der Waals surface area contributed by atoms with Gasteiger partial charge >= 0.3 is 0 Å². The molecule has 1 saturated heterocycles. The zero-order valence-electron chi connectivity index (χ0n) is 19.8. The highest BCUT2D eigenvalue weighted by Gasteiger charge is 2.18. The summed E-state index contributed by atoms with van der Waals surface area (Å²) < 4.78 is 5.89. The zero-order chi connectivity index (χ0) is 23.2. The lowest BCUT2D eigenvalue weighted by molar-refractivity contribution is -0.122. The summed E-state index contributed by atoms with van der Waals surface area (Å²) >= 11 is 0. The summed E-state index contributed by atoms with van der Waals surface area (Å²) in [5.74, 6) is 0.519. The van der Waals surface area contributed by atoms with Crippen LogP contribution in [0.25, 0.3) is 11.1 Å². The lowest BCUT2D eigenvalue weighted by Crippen LogP contribution is -2.46. The first kappa shape index (κ1) is 22.9. The fourth-order valence-corrected chi connectivity index (χ4v) is 4.16. The molecule has 1 fully saturated rings. The molecule has 0 aliphatic carbocycles.